The number of alkyl halides is 2. The van der Waals surface area contributed by atoms with Crippen molar-refractivity contribution in [1.29, 1.82) is 0 Å². The van der Waals surface area contributed by atoms with Crippen molar-refractivity contribution >= 4 is 23.6 Å². The van der Waals surface area contributed by atoms with E-state index in [0.717, 1.165) is 16.0 Å². The van der Waals surface area contributed by atoms with E-state index in [4.69, 9.17) is 0 Å². The van der Waals surface area contributed by atoms with Crippen molar-refractivity contribution in [3.05, 3.63) is 59.7 Å². The van der Waals surface area contributed by atoms with Crippen molar-refractivity contribution in [2.24, 2.45) is 0 Å². The minimum Gasteiger partial charge on any atom is -0.355 e. The van der Waals surface area contributed by atoms with Crippen molar-refractivity contribution in [3.63, 3.8) is 0 Å². The number of carbonyl (C=O) groups is 4. The Hall–Kier alpha value is -3.62. The van der Waals surface area contributed by atoms with Crippen LogP contribution in [0.1, 0.15) is 46.4 Å². The maximum absolute atomic E-state index is 13.5. The number of imide groups is 1. The topological polar surface area (TPSA) is 95.6 Å². The third-order valence-corrected chi connectivity index (χ3v) is 6.27. The Morgan fingerprint density at radius 2 is 1.64 bits per heavy atom. The van der Waals surface area contributed by atoms with Gasteiger partial charge in [-0.15, -0.1) is 0 Å². The number of benzene rings is 2. The molecule has 0 aromatic heterocycles. The molecule has 1 heterocycles. The first kappa shape index (κ1) is 22.6. The van der Waals surface area contributed by atoms with Crippen LogP contribution in [-0.2, 0) is 4.79 Å². The van der Waals surface area contributed by atoms with Crippen LogP contribution in [-0.4, -0.2) is 53.6 Å². The van der Waals surface area contributed by atoms with Gasteiger partial charge in [-0.05, 0) is 36.1 Å². The Labute approximate surface area is 189 Å². The number of rotatable bonds is 5. The molecule has 9 heteroatoms. The molecule has 33 heavy (non-hydrogen) atoms. The summed E-state index contributed by atoms with van der Waals surface area (Å²) in [5, 5.41) is 5.10. The number of hydrogen-bond donors (Lipinski definition) is 2. The van der Waals surface area contributed by atoms with Crippen molar-refractivity contribution < 1.29 is 28.0 Å². The first-order valence-electron chi connectivity index (χ1n) is 10.6. The lowest BCUT2D eigenvalue weighted by atomic mass is 9.80. The number of hydrogen-bond acceptors (Lipinski definition) is 4. The molecule has 1 aliphatic carbocycles. The fourth-order valence-corrected chi connectivity index (χ4v) is 4.27. The SMILES string of the molecule is CNC(=O)c1cccc(-c2ccc(C(=O)CN3C(=O)NC4(CCC(F)(F)CC4)C3=O)cc2)c1. The Morgan fingerprint density at radius 3 is 2.27 bits per heavy atom. The Kier molecular flexibility index (Phi) is 5.73. The highest BCUT2D eigenvalue weighted by Gasteiger charge is 2.55. The molecular weight excluding hydrogens is 432 g/mol. The average Bonchev–Trinajstić information content (AvgIpc) is 3.05. The van der Waals surface area contributed by atoms with E-state index in [2.05, 4.69) is 10.6 Å². The number of ketones is 1. The molecule has 2 fully saturated rings. The zero-order chi connectivity index (χ0) is 23.8. The number of nitrogens with one attached hydrogen (secondary N) is 2. The number of Topliss-reactive ketones (excluding diaryl/α,β-unsaturated/α-hetero) is 1. The number of amides is 4. The highest BCUT2D eigenvalue weighted by molar-refractivity contribution is 6.11. The van der Waals surface area contributed by atoms with Gasteiger partial charge in [-0.2, -0.15) is 0 Å². The second kappa shape index (κ2) is 8.38. The van der Waals surface area contributed by atoms with Gasteiger partial charge in [0.15, 0.2) is 5.78 Å². The summed E-state index contributed by atoms with van der Waals surface area (Å²) in [4.78, 5) is 50.6. The minimum absolute atomic E-state index is 0.154. The minimum atomic E-state index is -2.85. The molecule has 0 radical (unpaired) electrons. The van der Waals surface area contributed by atoms with E-state index in [0.29, 0.717) is 11.1 Å². The molecule has 172 valence electrons. The Bertz CT molecular complexity index is 1120. The third kappa shape index (κ3) is 4.35. The maximum atomic E-state index is 13.5. The fourth-order valence-electron chi connectivity index (χ4n) is 4.27. The molecule has 4 rings (SSSR count). The summed E-state index contributed by atoms with van der Waals surface area (Å²) >= 11 is 0. The molecule has 0 unspecified atom stereocenters. The quantitative estimate of drug-likeness (QED) is 0.534. The van der Waals surface area contributed by atoms with Gasteiger partial charge in [0.05, 0.1) is 6.54 Å². The van der Waals surface area contributed by atoms with Crippen LogP contribution in [0.3, 0.4) is 0 Å². The summed E-state index contributed by atoms with van der Waals surface area (Å²) in [7, 11) is 1.55. The third-order valence-electron chi connectivity index (χ3n) is 6.27. The monoisotopic (exact) mass is 455 g/mol. The second-order valence-electron chi connectivity index (χ2n) is 8.42. The molecule has 2 aromatic rings. The number of urea groups is 1. The number of nitrogens with zero attached hydrogens (tertiary/aromatic N) is 1. The first-order valence-corrected chi connectivity index (χ1v) is 10.6. The van der Waals surface area contributed by atoms with Crippen LogP contribution < -0.4 is 10.6 Å². The fraction of sp³-hybridized carbons (Fsp3) is 0.333. The maximum Gasteiger partial charge on any atom is 0.325 e. The van der Waals surface area contributed by atoms with E-state index in [1.807, 2.05) is 6.07 Å². The summed E-state index contributed by atoms with van der Waals surface area (Å²) in [6.07, 6.45) is -1.27. The lowest BCUT2D eigenvalue weighted by molar-refractivity contribution is -0.135. The molecule has 1 saturated heterocycles. The van der Waals surface area contributed by atoms with Crippen molar-refractivity contribution in [3.8, 4) is 11.1 Å². The van der Waals surface area contributed by atoms with Gasteiger partial charge in [0, 0.05) is 31.0 Å². The standard InChI is InChI=1S/C24H23F2N3O4/c1-27-20(31)18-4-2-3-17(13-18)15-5-7-16(8-6-15)19(30)14-29-21(32)23(28-22(29)33)9-11-24(25,26)12-10-23/h2-8,13H,9-12,14H2,1H3,(H,27,31)(H,28,33). The average molecular weight is 455 g/mol. The van der Waals surface area contributed by atoms with Gasteiger partial charge in [-0.1, -0.05) is 36.4 Å². The highest BCUT2D eigenvalue weighted by Crippen LogP contribution is 2.41. The second-order valence-corrected chi connectivity index (χ2v) is 8.42. The van der Waals surface area contributed by atoms with E-state index >= 15 is 0 Å². The predicted molar refractivity (Wildman–Crippen MR) is 116 cm³/mol. The summed E-state index contributed by atoms with van der Waals surface area (Å²) in [5.41, 5.74) is 1.04. The van der Waals surface area contributed by atoms with Crippen LogP contribution in [0.5, 0.6) is 0 Å². The first-order chi connectivity index (χ1) is 15.6. The lowest BCUT2D eigenvalue weighted by Gasteiger charge is -2.34. The summed E-state index contributed by atoms with van der Waals surface area (Å²) in [5.74, 6) is -4.13. The van der Waals surface area contributed by atoms with Gasteiger partial charge in [-0.25, -0.2) is 13.6 Å². The smallest absolute Gasteiger partial charge is 0.325 e. The van der Waals surface area contributed by atoms with Crippen LogP contribution in [0, 0.1) is 0 Å². The van der Waals surface area contributed by atoms with Gasteiger partial charge in [0.25, 0.3) is 11.8 Å². The zero-order valence-corrected chi connectivity index (χ0v) is 18.0. The van der Waals surface area contributed by atoms with Crippen LogP contribution in [0.25, 0.3) is 11.1 Å². The van der Waals surface area contributed by atoms with Crippen molar-refractivity contribution in [2.45, 2.75) is 37.1 Å². The summed E-state index contributed by atoms with van der Waals surface area (Å²) in [6, 6.07) is 12.9. The predicted octanol–water partition coefficient (Wildman–Crippen LogP) is 3.40. The van der Waals surface area contributed by atoms with Gasteiger partial charge in [-0.3, -0.25) is 19.3 Å². The molecule has 2 aromatic carbocycles. The molecule has 2 aliphatic rings. The van der Waals surface area contributed by atoms with Crippen LogP contribution in [0.15, 0.2) is 48.5 Å². The number of carbonyl (C=O) groups excluding carboxylic acids is 4. The molecule has 0 bridgehead atoms. The van der Waals surface area contributed by atoms with E-state index in [-0.39, 0.29) is 18.7 Å². The molecule has 4 amide bonds. The van der Waals surface area contributed by atoms with Gasteiger partial charge < -0.3 is 10.6 Å². The van der Waals surface area contributed by atoms with Crippen molar-refractivity contribution in [1.82, 2.24) is 15.5 Å². The van der Waals surface area contributed by atoms with E-state index in [9.17, 15) is 28.0 Å². The molecule has 0 atom stereocenters. The largest absolute Gasteiger partial charge is 0.355 e. The van der Waals surface area contributed by atoms with Crippen molar-refractivity contribution in [2.75, 3.05) is 13.6 Å². The Morgan fingerprint density at radius 1 is 0.970 bits per heavy atom. The molecular formula is C24H23F2N3O4. The summed E-state index contributed by atoms with van der Waals surface area (Å²) in [6.45, 7) is -0.464. The Balaban J connectivity index is 1.46. The number of halogens is 2. The molecule has 1 spiro atoms. The van der Waals surface area contributed by atoms with Gasteiger partial charge >= 0.3 is 6.03 Å². The zero-order valence-electron chi connectivity index (χ0n) is 18.0. The van der Waals surface area contributed by atoms with Crippen LogP contribution in [0.2, 0.25) is 0 Å². The molecule has 1 aliphatic heterocycles. The summed E-state index contributed by atoms with van der Waals surface area (Å²) < 4.78 is 27.0. The van der Waals surface area contributed by atoms with Gasteiger partial charge in [0.2, 0.25) is 5.92 Å². The molecule has 1 saturated carbocycles. The molecule has 2 N–H and O–H groups in total. The van der Waals surface area contributed by atoms with Gasteiger partial charge in [0.1, 0.15) is 5.54 Å². The normalized spacial score (nSPS) is 18.8. The lowest BCUT2D eigenvalue weighted by Crippen LogP contribution is -2.51. The van der Waals surface area contributed by atoms with Crippen LogP contribution >= 0.6 is 0 Å². The van der Waals surface area contributed by atoms with E-state index in [1.165, 1.54) is 0 Å². The van der Waals surface area contributed by atoms with Crippen LogP contribution in [0.4, 0.5) is 13.6 Å². The van der Waals surface area contributed by atoms with E-state index in [1.54, 1.807) is 49.5 Å². The highest BCUT2D eigenvalue weighted by atomic mass is 19.3. The van der Waals surface area contributed by atoms with E-state index < -0.39 is 48.6 Å². The molecule has 7 nitrogen and oxygen atoms in total.